The monoisotopic (exact) mass is 305 g/mol. The Kier molecular flexibility index (Phi) is 4.50. The first-order chi connectivity index (χ1) is 9.74. The minimum absolute atomic E-state index is 0.0330. The summed E-state index contributed by atoms with van der Waals surface area (Å²) in [5.74, 6) is 0.385. The molecular weight excluding hydrogens is 287 g/mol. The molecule has 1 aliphatic heterocycles. The molecule has 1 aromatic rings. The van der Waals surface area contributed by atoms with Gasteiger partial charge in [0.25, 0.3) is 5.91 Å². The zero-order chi connectivity index (χ0) is 15.6. The van der Waals surface area contributed by atoms with Crippen LogP contribution < -0.4 is 5.32 Å². The zero-order valence-electron chi connectivity index (χ0n) is 11.9. The molecule has 1 N–H and O–H groups in total. The molecule has 0 bridgehead atoms. The van der Waals surface area contributed by atoms with Crippen molar-refractivity contribution in [1.29, 1.82) is 0 Å². The molecule has 9 heteroatoms. The quantitative estimate of drug-likeness (QED) is 0.891. The van der Waals surface area contributed by atoms with Crippen LogP contribution in [0.3, 0.4) is 0 Å². The lowest BCUT2D eigenvalue weighted by Gasteiger charge is -2.17. The molecule has 1 atom stereocenters. The summed E-state index contributed by atoms with van der Waals surface area (Å²) in [6.07, 6.45) is -3.53. The second-order valence-electron chi connectivity index (χ2n) is 5.32. The van der Waals surface area contributed by atoms with Crippen LogP contribution in [0.2, 0.25) is 0 Å². The summed E-state index contributed by atoms with van der Waals surface area (Å²) in [4.78, 5) is 17.3. The van der Waals surface area contributed by atoms with Crippen molar-refractivity contribution in [2.75, 3.05) is 26.2 Å². The first-order valence-corrected chi connectivity index (χ1v) is 6.69. The Labute approximate surface area is 120 Å². The largest absolute Gasteiger partial charge is 0.401 e. The van der Waals surface area contributed by atoms with E-state index in [4.69, 9.17) is 0 Å². The van der Waals surface area contributed by atoms with Crippen molar-refractivity contribution in [3.8, 4) is 0 Å². The molecular formula is C12H18F3N5O. The van der Waals surface area contributed by atoms with E-state index in [2.05, 4.69) is 15.4 Å². The molecule has 2 heterocycles. The fourth-order valence-corrected chi connectivity index (χ4v) is 2.50. The molecule has 2 rings (SSSR count). The number of nitrogens with one attached hydrogen (secondary N) is 1. The molecule has 1 saturated heterocycles. The molecule has 1 aliphatic rings. The Morgan fingerprint density at radius 2 is 2.19 bits per heavy atom. The summed E-state index contributed by atoms with van der Waals surface area (Å²) in [7, 11) is 1.62. The van der Waals surface area contributed by atoms with Gasteiger partial charge in [-0.05, 0) is 25.8 Å². The average Bonchev–Trinajstić information content (AvgIpc) is 2.91. The van der Waals surface area contributed by atoms with E-state index in [-0.39, 0.29) is 17.6 Å². The zero-order valence-corrected chi connectivity index (χ0v) is 11.9. The lowest BCUT2D eigenvalue weighted by atomic mass is 10.1. The van der Waals surface area contributed by atoms with Gasteiger partial charge in [0.2, 0.25) is 5.82 Å². The average molecular weight is 305 g/mol. The third-order valence-electron chi connectivity index (χ3n) is 3.40. The number of hydrogen-bond donors (Lipinski definition) is 1. The van der Waals surface area contributed by atoms with Gasteiger partial charge in [-0.15, -0.1) is 0 Å². The van der Waals surface area contributed by atoms with E-state index in [0.717, 1.165) is 0 Å². The summed E-state index contributed by atoms with van der Waals surface area (Å²) in [5.41, 5.74) is 0. The SMILES string of the molecule is Cc1nc(C(=O)NCC2CCN(CC(F)(F)F)C2)n(C)n1. The van der Waals surface area contributed by atoms with Crippen molar-refractivity contribution >= 4 is 5.91 Å². The van der Waals surface area contributed by atoms with E-state index in [1.165, 1.54) is 9.58 Å². The number of nitrogens with zero attached hydrogens (tertiary/aromatic N) is 4. The molecule has 0 aliphatic carbocycles. The Hall–Kier alpha value is -1.64. The van der Waals surface area contributed by atoms with Crippen LogP contribution in [-0.2, 0) is 7.05 Å². The van der Waals surface area contributed by atoms with E-state index in [1.807, 2.05) is 0 Å². The maximum atomic E-state index is 12.3. The topological polar surface area (TPSA) is 63.1 Å². The molecule has 6 nitrogen and oxygen atoms in total. The Bertz CT molecular complexity index is 513. The van der Waals surface area contributed by atoms with Crippen LogP contribution in [0.15, 0.2) is 0 Å². The van der Waals surface area contributed by atoms with Gasteiger partial charge < -0.3 is 5.32 Å². The second-order valence-corrected chi connectivity index (χ2v) is 5.32. The predicted octanol–water partition coefficient (Wildman–Crippen LogP) is 0.738. The summed E-state index contributed by atoms with van der Waals surface area (Å²) in [6, 6.07) is 0. The van der Waals surface area contributed by atoms with Crippen molar-refractivity contribution in [3.05, 3.63) is 11.6 Å². The van der Waals surface area contributed by atoms with Gasteiger partial charge in [-0.3, -0.25) is 9.69 Å². The first kappa shape index (κ1) is 15.7. The van der Waals surface area contributed by atoms with E-state index in [1.54, 1.807) is 14.0 Å². The van der Waals surface area contributed by atoms with Crippen LogP contribution in [0.4, 0.5) is 13.2 Å². The summed E-state index contributed by atoms with van der Waals surface area (Å²) in [5, 5.41) is 6.68. The Morgan fingerprint density at radius 1 is 1.48 bits per heavy atom. The van der Waals surface area contributed by atoms with Gasteiger partial charge in [-0.2, -0.15) is 18.3 Å². The minimum Gasteiger partial charge on any atom is -0.349 e. The van der Waals surface area contributed by atoms with Gasteiger partial charge in [-0.25, -0.2) is 9.67 Å². The molecule has 0 radical (unpaired) electrons. The van der Waals surface area contributed by atoms with Crippen molar-refractivity contribution in [2.24, 2.45) is 13.0 Å². The predicted molar refractivity (Wildman–Crippen MR) is 68.7 cm³/mol. The number of carbonyl (C=O) groups is 1. The van der Waals surface area contributed by atoms with Crippen molar-refractivity contribution in [1.82, 2.24) is 25.0 Å². The molecule has 1 amide bonds. The van der Waals surface area contributed by atoms with E-state index < -0.39 is 12.7 Å². The first-order valence-electron chi connectivity index (χ1n) is 6.69. The van der Waals surface area contributed by atoms with Gasteiger partial charge in [0, 0.05) is 20.1 Å². The van der Waals surface area contributed by atoms with Gasteiger partial charge in [-0.1, -0.05) is 0 Å². The highest BCUT2D eigenvalue weighted by atomic mass is 19.4. The highest BCUT2D eigenvalue weighted by Gasteiger charge is 2.34. The van der Waals surface area contributed by atoms with Crippen molar-refractivity contribution < 1.29 is 18.0 Å². The van der Waals surface area contributed by atoms with Crippen LogP contribution in [0.1, 0.15) is 22.9 Å². The highest BCUT2D eigenvalue weighted by Crippen LogP contribution is 2.22. The highest BCUT2D eigenvalue weighted by molar-refractivity contribution is 5.90. The molecule has 0 saturated carbocycles. The van der Waals surface area contributed by atoms with Gasteiger partial charge in [0.1, 0.15) is 5.82 Å². The number of rotatable bonds is 4. The van der Waals surface area contributed by atoms with Crippen LogP contribution in [0, 0.1) is 12.8 Å². The number of aromatic nitrogens is 3. The van der Waals surface area contributed by atoms with Gasteiger partial charge in [0.05, 0.1) is 6.54 Å². The van der Waals surface area contributed by atoms with Gasteiger partial charge in [0.15, 0.2) is 0 Å². The second kappa shape index (κ2) is 6.00. The number of carbonyl (C=O) groups excluding carboxylic acids is 1. The van der Waals surface area contributed by atoms with Crippen LogP contribution in [-0.4, -0.2) is 57.9 Å². The fraction of sp³-hybridized carbons (Fsp3) is 0.750. The standard InChI is InChI=1S/C12H18F3N5O/c1-8-17-10(19(2)18-8)11(21)16-5-9-3-4-20(6-9)7-12(13,14)15/h9H,3-7H2,1-2H3,(H,16,21). The maximum absolute atomic E-state index is 12.3. The summed E-state index contributed by atoms with van der Waals surface area (Å²) in [6.45, 7) is 1.89. The summed E-state index contributed by atoms with van der Waals surface area (Å²) >= 11 is 0. The Morgan fingerprint density at radius 3 is 2.76 bits per heavy atom. The molecule has 118 valence electrons. The van der Waals surface area contributed by atoms with Crippen LogP contribution in [0.25, 0.3) is 0 Å². The van der Waals surface area contributed by atoms with Gasteiger partial charge >= 0.3 is 6.18 Å². The van der Waals surface area contributed by atoms with Crippen molar-refractivity contribution in [3.63, 3.8) is 0 Å². The van der Waals surface area contributed by atoms with Crippen LogP contribution >= 0.6 is 0 Å². The van der Waals surface area contributed by atoms with Crippen molar-refractivity contribution in [2.45, 2.75) is 19.5 Å². The number of aryl methyl sites for hydroxylation is 2. The third kappa shape index (κ3) is 4.42. The molecule has 0 aromatic carbocycles. The van der Waals surface area contributed by atoms with E-state index in [0.29, 0.717) is 31.9 Å². The number of likely N-dealkylation sites (tertiary alicyclic amines) is 1. The molecule has 1 unspecified atom stereocenters. The minimum atomic E-state index is -4.17. The fourth-order valence-electron chi connectivity index (χ4n) is 2.50. The number of amides is 1. The number of hydrogen-bond acceptors (Lipinski definition) is 4. The van der Waals surface area contributed by atoms with E-state index in [9.17, 15) is 18.0 Å². The molecule has 1 fully saturated rings. The Balaban J connectivity index is 1.79. The normalized spacial score (nSPS) is 20.0. The summed E-state index contributed by atoms with van der Waals surface area (Å²) < 4.78 is 38.2. The number of alkyl halides is 3. The molecule has 21 heavy (non-hydrogen) atoms. The lowest BCUT2D eigenvalue weighted by molar-refractivity contribution is -0.143. The molecule has 0 spiro atoms. The van der Waals surface area contributed by atoms with E-state index >= 15 is 0 Å². The maximum Gasteiger partial charge on any atom is 0.401 e. The third-order valence-corrected chi connectivity index (χ3v) is 3.40. The van der Waals surface area contributed by atoms with Crippen LogP contribution in [0.5, 0.6) is 0 Å². The smallest absolute Gasteiger partial charge is 0.349 e. The lowest BCUT2D eigenvalue weighted by Crippen LogP contribution is -2.35. The number of halogens is 3. The molecule has 1 aromatic heterocycles.